The van der Waals surface area contributed by atoms with Crippen LogP contribution in [0.4, 0.5) is 0 Å². The zero-order valence-electron chi connectivity index (χ0n) is 11.4. The van der Waals surface area contributed by atoms with Crippen molar-refractivity contribution in [3.8, 4) is 0 Å². The molecule has 1 atom stereocenters. The monoisotopic (exact) mass is 198 g/mol. The van der Waals surface area contributed by atoms with Crippen molar-refractivity contribution in [3.63, 3.8) is 0 Å². The summed E-state index contributed by atoms with van der Waals surface area (Å²) in [6, 6.07) is 0. The summed E-state index contributed by atoms with van der Waals surface area (Å²) in [6.07, 6.45) is 5.35. The summed E-state index contributed by atoms with van der Waals surface area (Å²) in [7, 11) is 0. The van der Waals surface area contributed by atoms with Crippen LogP contribution in [0.25, 0.3) is 0 Å². The van der Waals surface area contributed by atoms with Gasteiger partial charge in [0.05, 0.1) is 0 Å². The molecule has 86 valence electrons. The van der Waals surface area contributed by atoms with Gasteiger partial charge in [-0.1, -0.05) is 67.7 Å². The molecule has 0 aromatic carbocycles. The molecule has 0 heterocycles. The Labute approximate surface area is 91.5 Å². The molecule has 0 aliphatic rings. The van der Waals surface area contributed by atoms with Crippen molar-refractivity contribution in [2.45, 2.75) is 74.1 Å². The van der Waals surface area contributed by atoms with Crippen LogP contribution in [0.5, 0.6) is 0 Å². The van der Waals surface area contributed by atoms with Crippen LogP contribution in [0.3, 0.4) is 0 Å². The lowest BCUT2D eigenvalue weighted by Crippen LogP contribution is -2.39. The number of hydrogen-bond acceptors (Lipinski definition) is 0. The van der Waals surface area contributed by atoms with Gasteiger partial charge in [0.2, 0.25) is 0 Å². The third-order valence-electron chi connectivity index (χ3n) is 4.75. The summed E-state index contributed by atoms with van der Waals surface area (Å²) in [6.45, 7) is 16.7. The molecule has 0 saturated carbocycles. The van der Waals surface area contributed by atoms with Gasteiger partial charge in [0, 0.05) is 0 Å². The highest BCUT2D eigenvalue weighted by molar-refractivity contribution is 4.90. The Morgan fingerprint density at radius 1 is 1.00 bits per heavy atom. The average molecular weight is 198 g/mol. The highest BCUT2D eigenvalue weighted by Gasteiger charge is 2.41. The van der Waals surface area contributed by atoms with Crippen molar-refractivity contribution in [1.29, 1.82) is 0 Å². The predicted molar refractivity (Wildman–Crippen MR) is 66.5 cm³/mol. The van der Waals surface area contributed by atoms with Gasteiger partial charge >= 0.3 is 0 Å². The standard InChI is InChI=1S/C14H30/c1-8-10-11-14(7,12(3)4)13(5,6)9-2/h12H,8-11H2,1-7H3. The second kappa shape index (κ2) is 5.19. The fourth-order valence-electron chi connectivity index (χ4n) is 2.36. The minimum Gasteiger partial charge on any atom is -0.0654 e. The van der Waals surface area contributed by atoms with Crippen molar-refractivity contribution in [3.05, 3.63) is 0 Å². The van der Waals surface area contributed by atoms with Crippen molar-refractivity contribution in [2.24, 2.45) is 16.7 Å². The molecule has 0 fully saturated rings. The zero-order chi connectivity index (χ0) is 11.4. The molecule has 0 aromatic rings. The summed E-state index contributed by atoms with van der Waals surface area (Å²) in [5.41, 5.74) is 0.966. The summed E-state index contributed by atoms with van der Waals surface area (Å²) >= 11 is 0. The molecule has 0 nitrogen and oxygen atoms in total. The summed E-state index contributed by atoms with van der Waals surface area (Å²) < 4.78 is 0. The highest BCUT2D eigenvalue weighted by Crippen LogP contribution is 2.50. The molecule has 0 rings (SSSR count). The Bertz CT molecular complexity index is 155. The van der Waals surface area contributed by atoms with E-state index in [4.69, 9.17) is 0 Å². The summed E-state index contributed by atoms with van der Waals surface area (Å²) in [4.78, 5) is 0. The Balaban J connectivity index is 4.70. The van der Waals surface area contributed by atoms with Gasteiger partial charge in [-0.05, 0) is 23.2 Å². The molecule has 0 saturated heterocycles. The van der Waals surface area contributed by atoms with Crippen LogP contribution in [-0.2, 0) is 0 Å². The molecule has 0 amide bonds. The Morgan fingerprint density at radius 3 is 1.79 bits per heavy atom. The Morgan fingerprint density at radius 2 is 1.50 bits per heavy atom. The summed E-state index contributed by atoms with van der Waals surface area (Å²) in [5.74, 6) is 0.781. The van der Waals surface area contributed by atoms with Crippen LogP contribution in [0.2, 0.25) is 0 Å². The first-order chi connectivity index (χ1) is 6.31. The first-order valence-corrected chi connectivity index (χ1v) is 6.31. The number of hydrogen-bond donors (Lipinski definition) is 0. The van der Waals surface area contributed by atoms with Crippen molar-refractivity contribution < 1.29 is 0 Å². The maximum absolute atomic E-state index is 2.48. The lowest BCUT2D eigenvalue weighted by molar-refractivity contribution is 0.0204. The quantitative estimate of drug-likeness (QED) is 0.545. The van der Waals surface area contributed by atoms with Crippen molar-refractivity contribution >= 4 is 0 Å². The van der Waals surface area contributed by atoms with E-state index in [0.29, 0.717) is 10.8 Å². The molecule has 0 aliphatic carbocycles. The van der Waals surface area contributed by atoms with Crippen molar-refractivity contribution in [2.75, 3.05) is 0 Å². The molecule has 0 radical (unpaired) electrons. The smallest absolute Gasteiger partial charge is 0.0252 e. The molecular formula is C14H30. The fourth-order valence-corrected chi connectivity index (χ4v) is 2.36. The van der Waals surface area contributed by atoms with Gasteiger partial charge in [0.15, 0.2) is 0 Å². The van der Waals surface area contributed by atoms with Crippen LogP contribution < -0.4 is 0 Å². The number of unbranched alkanes of at least 4 members (excludes halogenated alkanes) is 1. The van der Waals surface area contributed by atoms with Crippen molar-refractivity contribution in [1.82, 2.24) is 0 Å². The van der Waals surface area contributed by atoms with E-state index in [1.54, 1.807) is 0 Å². The van der Waals surface area contributed by atoms with E-state index in [0.717, 1.165) is 5.92 Å². The lowest BCUT2D eigenvalue weighted by atomic mass is 9.57. The average Bonchev–Trinajstić information content (AvgIpc) is 2.13. The van der Waals surface area contributed by atoms with Gasteiger partial charge in [-0.25, -0.2) is 0 Å². The molecule has 0 N–H and O–H groups in total. The number of rotatable bonds is 6. The van der Waals surface area contributed by atoms with Crippen LogP contribution in [0.1, 0.15) is 74.1 Å². The first kappa shape index (κ1) is 14.0. The lowest BCUT2D eigenvalue weighted by Gasteiger charge is -2.47. The summed E-state index contributed by atoms with van der Waals surface area (Å²) in [5, 5.41) is 0. The largest absolute Gasteiger partial charge is 0.0654 e. The van der Waals surface area contributed by atoms with Crippen LogP contribution >= 0.6 is 0 Å². The molecule has 0 bridgehead atoms. The van der Waals surface area contributed by atoms with E-state index < -0.39 is 0 Å². The molecule has 0 heteroatoms. The highest BCUT2D eigenvalue weighted by atomic mass is 14.5. The van der Waals surface area contributed by atoms with E-state index in [-0.39, 0.29) is 0 Å². The SMILES string of the molecule is CCCCC(C)(C(C)C)C(C)(C)CC. The Hall–Kier alpha value is 0. The fraction of sp³-hybridized carbons (Fsp3) is 1.00. The van der Waals surface area contributed by atoms with Crippen LogP contribution in [0.15, 0.2) is 0 Å². The van der Waals surface area contributed by atoms with Crippen LogP contribution in [0, 0.1) is 16.7 Å². The maximum atomic E-state index is 2.48. The molecule has 0 aromatic heterocycles. The third kappa shape index (κ3) is 2.74. The topological polar surface area (TPSA) is 0 Å². The normalized spacial score (nSPS) is 17.1. The van der Waals surface area contributed by atoms with Gasteiger partial charge in [-0.2, -0.15) is 0 Å². The van der Waals surface area contributed by atoms with E-state index in [2.05, 4.69) is 48.5 Å². The second-order valence-corrected chi connectivity index (χ2v) is 5.91. The van der Waals surface area contributed by atoms with Gasteiger partial charge in [0.25, 0.3) is 0 Å². The Kier molecular flexibility index (Phi) is 5.19. The van der Waals surface area contributed by atoms with Gasteiger partial charge < -0.3 is 0 Å². The third-order valence-corrected chi connectivity index (χ3v) is 4.75. The second-order valence-electron chi connectivity index (χ2n) is 5.91. The molecule has 1 unspecified atom stereocenters. The van der Waals surface area contributed by atoms with E-state index in [9.17, 15) is 0 Å². The molecule has 14 heavy (non-hydrogen) atoms. The first-order valence-electron chi connectivity index (χ1n) is 6.31. The minimum absolute atomic E-state index is 0.469. The van der Waals surface area contributed by atoms with E-state index in [1.807, 2.05) is 0 Å². The van der Waals surface area contributed by atoms with Crippen LogP contribution in [-0.4, -0.2) is 0 Å². The molecular weight excluding hydrogens is 168 g/mol. The maximum Gasteiger partial charge on any atom is -0.0252 e. The van der Waals surface area contributed by atoms with Gasteiger partial charge in [0.1, 0.15) is 0 Å². The zero-order valence-corrected chi connectivity index (χ0v) is 11.4. The van der Waals surface area contributed by atoms with E-state index >= 15 is 0 Å². The molecule has 0 aliphatic heterocycles. The molecule has 0 spiro atoms. The van der Waals surface area contributed by atoms with Gasteiger partial charge in [-0.15, -0.1) is 0 Å². The minimum atomic E-state index is 0.469. The van der Waals surface area contributed by atoms with E-state index in [1.165, 1.54) is 25.7 Å². The predicted octanol–water partition coefficient (Wildman–Crippen LogP) is 5.28. The van der Waals surface area contributed by atoms with Gasteiger partial charge in [-0.3, -0.25) is 0 Å².